The molecule has 0 bridgehead atoms. The Morgan fingerprint density at radius 3 is 2.00 bits per heavy atom. The minimum Gasteiger partial charge on any atom is -0.0622 e. The number of fused-ring (bicyclic) bond motifs is 1. The highest BCUT2D eigenvalue weighted by Gasteiger charge is 2.11. The largest absolute Gasteiger partial charge is 0.0622 e. The number of benzene rings is 4. The van der Waals surface area contributed by atoms with Crippen molar-refractivity contribution in [2.45, 2.75) is 19.8 Å². The van der Waals surface area contributed by atoms with Crippen molar-refractivity contribution in [1.82, 2.24) is 0 Å². The topological polar surface area (TPSA) is 0 Å². The summed E-state index contributed by atoms with van der Waals surface area (Å²) in [5, 5.41) is 2.63. The summed E-state index contributed by atoms with van der Waals surface area (Å²) in [6.07, 6.45) is 0. The van der Waals surface area contributed by atoms with Crippen LogP contribution in [0.15, 0.2) is 91.0 Å². The Balaban J connectivity index is 1.98. The van der Waals surface area contributed by atoms with Crippen LogP contribution >= 0.6 is 0 Å². The first kappa shape index (κ1) is 15.7. The maximum absolute atomic E-state index is 2.36. The molecule has 0 aliphatic heterocycles. The van der Waals surface area contributed by atoms with Crippen molar-refractivity contribution in [2.75, 3.05) is 0 Å². The van der Waals surface area contributed by atoms with Crippen LogP contribution in [0.25, 0.3) is 33.0 Å². The summed E-state index contributed by atoms with van der Waals surface area (Å²) in [5.41, 5.74) is 6.53. The molecule has 0 unspecified atom stereocenters. The quantitative estimate of drug-likeness (QED) is 0.371. The molecule has 0 heterocycles. The standard InChI is InChI=1S/C25H22/c1-18(2)21-16-15-20-11-8-14-24(25(20)17-21)23-13-7-6-12-22(23)19-9-4-3-5-10-19/h3-18H,1-2H3. The Labute approximate surface area is 149 Å². The average Bonchev–Trinajstić information content (AvgIpc) is 2.68. The molecular weight excluding hydrogens is 300 g/mol. The second-order valence-electron chi connectivity index (χ2n) is 6.85. The van der Waals surface area contributed by atoms with E-state index in [1.807, 2.05) is 0 Å². The van der Waals surface area contributed by atoms with Crippen molar-refractivity contribution in [1.29, 1.82) is 0 Å². The Bertz CT molecular complexity index is 1010. The molecule has 0 saturated heterocycles. The van der Waals surface area contributed by atoms with Crippen LogP contribution < -0.4 is 0 Å². The van der Waals surface area contributed by atoms with Crippen LogP contribution in [0.1, 0.15) is 25.3 Å². The smallest absolute Gasteiger partial charge is 0.00991 e. The van der Waals surface area contributed by atoms with E-state index in [0.29, 0.717) is 5.92 Å². The highest BCUT2D eigenvalue weighted by molar-refractivity contribution is 6.00. The van der Waals surface area contributed by atoms with Gasteiger partial charge < -0.3 is 0 Å². The lowest BCUT2D eigenvalue weighted by Gasteiger charge is -2.14. The SMILES string of the molecule is CC(C)c1ccc2cccc(-c3ccccc3-c3ccccc3)c2c1. The monoisotopic (exact) mass is 322 g/mol. The molecule has 0 nitrogen and oxygen atoms in total. The summed E-state index contributed by atoms with van der Waals surface area (Å²) < 4.78 is 0. The lowest BCUT2D eigenvalue weighted by Crippen LogP contribution is -1.90. The van der Waals surface area contributed by atoms with Crippen LogP contribution in [0, 0.1) is 0 Å². The van der Waals surface area contributed by atoms with E-state index in [4.69, 9.17) is 0 Å². The molecule has 0 aromatic heterocycles. The van der Waals surface area contributed by atoms with E-state index in [-0.39, 0.29) is 0 Å². The molecule has 0 saturated carbocycles. The van der Waals surface area contributed by atoms with E-state index < -0.39 is 0 Å². The Morgan fingerprint density at radius 1 is 0.560 bits per heavy atom. The minimum absolute atomic E-state index is 0.529. The van der Waals surface area contributed by atoms with Crippen molar-refractivity contribution in [3.8, 4) is 22.3 Å². The van der Waals surface area contributed by atoms with Gasteiger partial charge in [-0.2, -0.15) is 0 Å². The molecule has 4 aromatic carbocycles. The fourth-order valence-electron chi connectivity index (χ4n) is 3.47. The van der Waals surface area contributed by atoms with Gasteiger partial charge in [-0.1, -0.05) is 105 Å². The van der Waals surface area contributed by atoms with Gasteiger partial charge >= 0.3 is 0 Å². The summed E-state index contributed by atoms with van der Waals surface area (Å²) in [6, 6.07) is 32.8. The normalized spacial score (nSPS) is 11.2. The first-order chi connectivity index (χ1) is 12.2. The van der Waals surface area contributed by atoms with Crippen molar-refractivity contribution in [3.05, 3.63) is 96.6 Å². The maximum atomic E-state index is 2.36. The molecule has 0 fully saturated rings. The molecule has 0 heteroatoms. The third-order valence-electron chi connectivity index (χ3n) is 4.87. The van der Waals surface area contributed by atoms with Crippen LogP contribution in [0.3, 0.4) is 0 Å². The van der Waals surface area contributed by atoms with Crippen LogP contribution in [0.2, 0.25) is 0 Å². The number of hydrogen-bond acceptors (Lipinski definition) is 0. The predicted molar refractivity (Wildman–Crippen MR) is 109 cm³/mol. The van der Waals surface area contributed by atoms with Gasteiger partial charge in [-0.05, 0) is 44.5 Å². The predicted octanol–water partition coefficient (Wildman–Crippen LogP) is 7.30. The minimum atomic E-state index is 0.529. The van der Waals surface area contributed by atoms with E-state index in [1.54, 1.807) is 0 Å². The summed E-state index contributed by atoms with van der Waals surface area (Å²) >= 11 is 0. The fourth-order valence-corrected chi connectivity index (χ4v) is 3.47. The third kappa shape index (κ3) is 2.96. The molecule has 0 aliphatic rings. The molecule has 122 valence electrons. The van der Waals surface area contributed by atoms with Gasteiger partial charge in [-0.15, -0.1) is 0 Å². The first-order valence-electron chi connectivity index (χ1n) is 8.91. The first-order valence-corrected chi connectivity index (χ1v) is 8.91. The molecule has 4 rings (SSSR count). The third-order valence-corrected chi connectivity index (χ3v) is 4.87. The molecule has 25 heavy (non-hydrogen) atoms. The molecule has 0 radical (unpaired) electrons. The summed E-state index contributed by atoms with van der Waals surface area (Å²) in [7, 11) is 0. The van der Waals surface area contributed by atoms with Gasteiger partial charge in [0, 0.05) is 0 Å². The van der Waals surface area contributed by atoms with Gasteiger partial charge in [0.15, 0.2) is 0 Å². The van der Waals surface area contributed by atoms with Gasteiger partial charge in [0.25, 0.3) is 0 Å². The van der Waals surface area contributed by atoms with Gasteiger partial charge in [0.1, 0.15) is 0 Å². The van der Waals surface area contributed by atoms with Crippen LogP contribution in [-0.2, 0) is 0 Å². The van der Waals surface area contributed by atoms with Crippen LogP contribution in [-0.4, -0.2) is 0 Å². The van der Waals surface area contributed by atoms with Crippen molar-refractivity contribution < 1.29 is 0 Å². The highest BCUT2D eigenvalue weighted by Crippen LogP contribution is 2.36. The number of hydrogen-bond donors (Lipinski definition) is 0. The molecule has 4 aromatic rings. The summed E-state index contributed by atoms with van der Waals surface area (Å²) in [5.74, 6) is 0.529. The average molecular weight is 322 g/mol. The zero-order valence-corrected chi connectivity index (χ0v) is 14.7. The van der Waals surface area contributed by atoms with E-state index >= 15 is 0 Å². The molecule has 0 spiro atoms. The van der Waals surface area contributed by atoms with E-state index in [9.17, 15) is 0 Å². The van der Waals surface area contributed by atoms with Crippen LogP contribution in [0.5, 0.6) is 0 Å². The molecule has 0 amide bonds. The van der Waals surface area contributed by atoms with Gasteiger partial charge in [0.05, 0.1) is 0 Å². The summed E-state index contributed by atoms with van der Waals surface area (Å²) in [6.45, 7) is 4.50. The Hall–Kier alpha value is -2.86. The fraction of sp³-hybridized carbons (Fsp3) is 0.120. The lowest BCUT2D eigenvalue weighted by molar-refractivity contribution is 0.869. The van der Waals surface area contributed by atoms with Gasteiger partial charge in [-0.25, -0.2) is 0 Å². The van der Waals surface area contributed by atoms with E-state index in [2.05, 4.69) is 105 Å². The zero-order valence-electron chi connectivity index (χ0n) is 14.7. The second kappa shape index (κ2) is 6.57. The zero-order chi connectivity index (χ0) is 17.2. The Kier molecular flexibility index (Phi) is 4.11. The van der Waals surface area contributed by atoms with Gasteiger partial charge in [-0.3, -0.25) is 0 Å². The molecule has 0 N–H and O–H groups in total. The lowest BCUT2D eigenvalue weighted by atomic mass is 9.90. The van der Waals surface area contributed by atoms with Crippen molar-refractivity contribution in [2.24, 2.45) is 0 Å². The highest BCUT2D eigenvalue weighted by atomic mass is 14.1. The molecule has 0 atom stereocenters. The Morgan fingerprint density at radius 2 is 1.24 bits per heavy atom. The second-order valence-corrected chi connectivity index (χ2v) is 6.85. The van der Waals surface area contributed by atoms with E-state index in [1.165, 1.54) is 38.6 Å². The summed E-state index contributed by atoms with van der Waals surface area (Å²) in [4.78, 5) is 0. The molecule has 0 aliphatic carbocycles. The van der Waals surface area contributed by atoms with Crippen LogP contribution in [0.4, 0.5) is 0 Å². The van der Waals surface area contributed by atoms with Crippen molar-refractivity contribution >= 4 is 10.8 Å². The van der Waals surface area contributed by atoms with Gasteiger partial charge in [0.2, 0.25) is 0 Å². The van der Waals surface area contributed by atoms with E-state index in [0.717, 1.165) is 0 Å². The maximum Gasteiger partial charge on any atom is -0.00991 e. The number of rotatable bonds is 3. The molecular formula is C25H22. The van der Waals surface area contributed by atoms with Crippen molar-refractivity contribution in [3.63, 3.8) is 0 Å².